The summed E-state index contributed by atoms with van der Waals surface area (Å²) < 4.78 is 5.70. The SMILES string of the molecule is N#Cc1ccc(OC[C@@H]2CCCNC2)cc1. The summed E-state index contributed by atoms with van der Waals surface area (Å²) in [5.41, 5.74) is 0.673. The van der Waals surface area contributed by atoms with Crippen LogP contribution in [0.15, 0.2) is 24.3 Å². The molecule has 3 heteroatoms. The zero-order chi connectivity index (χ0) is 11.2. The summed E-state index contributed by atoms with van der Waals surface area (Å²) in [6.07, 6.45) is 2.48. The van der Waals surface area contributed by atoms with Gasteiger partial charge >= 0.3 is 0 Å². The van der Waals surface area contributed by atoms with Crippen LogP contribution in [0.4, 0.5) is 0 Å². The fourth-order valence-electron chi connectivity index (χ4n) is 1.91. The molecule has 84 valence electrons. The molecule has 3 nitrogen and oxygen atoms in total. The molecule has 16 heavy (non-hydrogen) atoms. The van der Waals surface area contributed by atoms with Crippen LogP contribution < -0.4 is 10.1 Å². The van der Waals surface area contributed by atoms with Crippen LogP contribution in [-0.4, -0.2) is 19.7 Å². The molecule has 1 N–H and O–H groups in total. The molecule has 0 unspecified atom stereocenters. The Morgan fingerprint density at radius 3 is 2.81 bits per heavy atom. The van der Waals surface area contributed by atoms with E-state index in [-0.39, 0.29) is 0 Å². The molecular formula is C13H16N2O. The van der Waals surface area contributed by atoms with Gasteiger partial charge in [-0.2, -0.15) is 5.26 Å². The van der Waals surface area contributed by atoms with E-state index in [1.807, 2.05) is 12.1 Å². The number of rotatable bonds is 3. The Morgan fingerprint density at radius 2 is 2.19 bits per heavy atom. The Labute approximate surface area is 96.0 Å². The summed E-state index contributed by atoms with van der Waals surface area (Å²) in [7, 11) is 0. The van der Waals surface area contributed by atoms with Gasteiger partial charge < -0.3 is 10.1 Å². The lowest BCUT2D eigenvalue weighted by molar-refractivity contribution is 0.218. The van der Waals surface area contributed by atoms with Crippen molar-refractivity contribution in [1.29, 1.82) is 5.26 Å². The van der Waals surface area contributed by atoms with Crippen molar-refractivity contribution >= 4 is 0 Å². The Morgan fingerprint density at radius 1 is 1.38 bits per heavy atom. The van der Waals surface area contributed by atoms with E-state index in [1.165, 1.54) is 12.8 Å². The van der Waals surface area contributed by atoms with E-state index in [0.717, 1.165) is 25.4 Å². The highest BCUT2D eigenvalue weighted by molar-refractivity contribution is 5.34. The van der Waals surface area contributed by atoms with E-state index < -0.39 is 0 Å². The predicted octanol–water partition coefficient (Wildman–Crippen LogP) is 1.94. The molecule has 0 radical (unpaired) electrons. The van der Waals surface area contributed by atoms with E-state index in [1.54, 1.807) is 12.1 Å². The second-order valence-electron chi connectivity index (χ2n) is 4.16. The number of ether oxygens (including phenoxy) is 1. The van der Waals surface area contributed by atoms with Crippen molar-refractivity contribution in [2.45, 2.75) is 12.8 Å². The fraction of sp³-hybridized carbons (Fsp3) is 0.462. The van der Waals surface area contributed by atoms with Crippen molar-refractivity contribution in [2.75, 3.05) is 19.7 Å². The number of nitrogens with zero attached hydrogens (tertiary/aromatic N) is 1. The van der Waals surface area contributed by atoms with E-state index in [2.05, 4.69) is 11.4 Å². The van der Waals surface area contributed by atoms with Crippen LogP contribution in [0.25, 0.3) is 0 Å². The molecule has 0 aliphatic carbocycles. The molecule has 1 saturated heterocycles. The second kappa shape index (κ2) is 5.53. The molecule has 1 aliphatic heterocycles. The van der Waals surface area contributed by atoms with Gasteiger partial charge in [0.25, 0.3) is 0 Å². The summed E-state index contributed by atoms with van der Waals surface area (Å²) in [4.78, 5) is 0. The van der Waals surface area contributed by atoms with Crippen LogP contribution in [0.3, 0.4) is 0 Å². The average Bonchev–Trinajstić information content (AvgIpc) is 2.38. The summed E-state index contributed by atoms with van der Waals surface area (Å²) in [6.45, 7) is 2.95. The zero-order valence-electron chi connectivity index (χ0n) is 9.28. The van der Waals surface area contributed by atoms with Crippen LogP contribution in [0, 0.1) is 17.2 Å². The largest absolute Gasteiger partial charge is 0.493 e. The molecule has 0 aromatic heterocycles. The van der Waals surface area contributed by atoms with Gasteiger partial charge in [0, 0.05) is 12.5 Å². The minimum Gasteiger partial charge on any atom is -0.493 e. The molecule has 0 bridgehead atoms. The standard InChI is InChI=1S/C13H16N2O/c14-8-11-3-5-13(6-4-11)16-10-12-2-1-7-15-9-12/h3-6,12,15H,1-2,7,9-10H2/t12-/m1/s1. The number of nitriles is 1. The third-order valence-electron chi connectivity index (χ3n) is 2.87. The Bertz CT molecular complexity index is 361. The first-order chi connectivity index (χ1) is 7.88. The van der Waals surface area contributed by atoms with Gasteiger partial charge in [-0.05, 0) is 43.7 Å². The smallest absolute Gasteiger partial charge is 0.119 e. The molecule has 1 fully saturated rings. The molecule has 2 rings (SSSR count). The summed E-state index contributed by atoms with van der Waals surface area (Å²) in [6, 6.07) is 9.38. The number of benzene rings is 1. The van der Waals surface area contributed by atoms with Gasteiger partial charge in [-0.25, -0.2) is 0 Å². The molecule has 1 aromatic carbocycles. The van der Waals surface area contributed by atoms with Crippen LogP contribution in [0.5, 0.6) is 5.75 Å². The quantitative estimate of drug-likeness (QED) is 0.839. The number of hydrogen-bond acceptors (Lipinski definition) is 3. The van der Waals surface area contributed by atoms with Crippen LogP contribution in [-0.2, 0) is 0 Å². The van der Waals surface area contributed by atoms with E-state index in [9.17, 15) is 0 Å². The average molecular weight is 216 g/mol. The fourth-order valence-corrected chi connectivity index (χ4v) is 1.91. The maximum atomic E-state index is 8.66. The van der Waals surface area contributed by atoms with Gasteiger partial charge in [0.15, 0.2) is 0 Å². The maximum absolute atomic E-state index is 8.66. The maximum Gasteiger partial charge on any atom is 0.119 e. The van der Waals surface area contributed by atoms with E-state index >= 15 is 0 Å². The summed E-state index contributed by atoms with van der Waals surface area (Å²) >= 11 is 0. The monoisotopic (exact) mass is 216 g/mol. The number of nitrogens with one attached hydrogen (secondary N) is 1. The topological polar surface area (TPSA) is 45.0 Å². The van der Waals surface area contributed by atoms with Crippen molar-refractivity contribution in [3.8, 4) is 11.8 Å². The number of hydrogen-bond donors (Lipinski definition) is 1. The molecule has 1 heterocycles. The highest BCUT2D eigenvalue weighted by atomic mass is 16.5. The first-order valence-corrected chi connectivity index (χ1v) is 5.72. The van der Waals surface area contributed by atoms with Gasteiger partial charge in [0.05, 0.1) is 18.2 Å². The van der Waals surface area contributed by atoms with Crippen molar-refractivity contribution in [3.05, 3.63) is 29.8 Å². The second-order valence-corrected chi connectivity index (χ2v) is 4.16. The van der Waals surface area contributed by atoms with Gasteiger partial charge in [-0.15, -0.1) is 0 Å². The molecule has 1 aromatic rings. The van der Waals surface area contributed by atoms with Crippen LogP contribution in [0.2, 0.25) is 0 Å². The molecule has 0 saturated carbocycles. The minimum absolute atomic E-state index is 0.615. The molecule has 0 amide bonds. The van der Waals surface area contributed by atoms with Crippen LogP contribution in [0.1, 0.15) is 18.4 Å². The zero-order valence-corrected chi connectivity index (χ0v) is 9.28. The van der Waals surface area contributed by atoms with Crippen LogP contribution >= 0.6 is 0 Å². The lowest BCUT2D eigenvalue weighted by Gasteiger charge is -2.22. The molecule has 0 spiro atoms. The lowest BCUT2D eigenvalue weighted by Crippen LogP contribution is -2.33. The van der Waals surface area contributed by atoms with Gasteiger partial charge in [-0.3, -0.25) is 0 Å². The van der Waals surface area contributed by atoms with E-state index in [4.69, 9.17) is 10.00 Å². The minimum atomic E-state index is 0.615. The van der Waals surface area contributed by atoms with Gasteiger partial charge in [0.2, 0.25) is 0 Å². The first kappa shape index (κ1) is 11.0. The summed E-state index contributed by atoms with van der Waals surface area (Å²) in [5, 5.41) is 12.0. The number of piperidine rings is 1. The van der Waals surface area contributed by atoms with Gasteiger partial charge in [-0.1, -0.05) is 0 Å². The third-order valence-corrected chi connectivity index (χ3v) is 2.87. The highest BCUT2D eigenvalue weighted by Crippen LogP contribution is 2.15. The van der Waals surface area contributed by atoms with Crippen molar-refractivity contribution in [2.24, 2.45) is 5.92 Å². The Kier molecular flexibility index (Phi) is 3.79. The normalized spacial score (nSPS) is 20.1. The Balaban J connectivity index is 1.82. The lowest BCUT2D eigenvalue weighted by atomic mass is 10.0. The predicted molar refractivity (Wildman–Crippen MR) is 62.2 cm³/mol. The molecular weight excluding hydrogens is 200 g/mol. The molecule has 1 aliphatic rings. The van der Waals surface area contributed by atoms with Crippen molar-refractivity contribution < 1.29 is 4.74 Å². The van der Waals surface area contributed by atoms with Crippen molar-refractivity contribution in [3.63, 3.8) is 0 Å². The Hall–Kier alpha value is -1.53. The van der Waals surface area contributed by atoms with Gasteiger partial charge in [0.1, 0.15) is 5.75 Å². The third kappa shape index (κ3) is 2.98. The summed E-state index contributed by atoms with van der Waals surface area (Å²) in [5.74, 6) is 1.47. The molecule has 1 atom stereocenters. The highest BCUT2D eigenvalue weighted by Gasteiger charge is 2.13. The first-order valence-electron chi connectivity index (χ1n) is 5.72. The van der Waals surface area contributed by atoms with E-state index in [0.29, 0.717) is 11.5 Å². The van der Waals surface area contributed by atoms with Crippen molar-refractivity contribution in [1.82, 2.24) is 5.32 Å².